The van der Waals surface area contributed by atoms with Crippen LogP contribution in [-0.2, 0) is 36.2 Å². The molecule has 50 heavy (non-hydrogen) atoms. The van der Waals surface area contributed by atoms with Crippen LogP contribution < -0.4 is 15.6 Å². The summed E-state index contributed by atoms with van der Waals surface area (Å²) in [7, 11) is 0. The average Bonchev–Trinajstić information content (AvgIpc) is 3.54. The number of aliphatic carboxylic acids is 2. The summed E-state index contributed by atoms with van der Waals surface area (Å²) in [5.74, 6) is -8.32. The number of pyridine rings is 1. The number of phenols is 2. The highest BCUT2D eigenvalue weighted by molar-refractivity contribution is 8.00. The second-order valence-electron chi connectivity index (χ2n) is 10.9. The zero-order chi connectivity index (χ0) is 35.7. The number of carbonyl (C=O) groups is 4. The number of halogens is 1. The minimum atomic E-state index is -2.81. The fourth-order valence-corrected chi connectivity index (χ4v) is 7.51. The summed E-state index contributed by atoms with van der Waals surface area (Å²) in [5, 5.41) is 47.8. The van der Waals surface area contributed by atoms with E-state index in [1.807, 2.05) is 47.2 Å². The molecule has 7 N–H and O–H groups in total. The topological polar surface area (TPSA) is 229 Å². The molecular formula is C32H26FN6O9S2+. The molecule has 3 unspecified atom stereocenters. The summed E-state index contributed by atoms with van der Waals surface area (Å²) < 4.78 is 15.9. The highest BCUT2D eigenvalue weighted by atomic mass is 32.2. The van der Waals surface area contributed by atoms with Crippen molar-refractivity contribution in [1.82, 2.24) is 15.2 Å². The number of nitrogens with one attached hydrogen (secondary N) is 1. The van der Waals surface area contributed by atoms with Crippen LogP contribution in [0.15, 0.2) is 88.7 Å². The lowest BCUT2D eigenvalue weighted by molar-refractivity contribution is -0.661. The molecule has 4 aromatic rings. The van der Waals surface area contributed by atoms with Gasteiger partial charge in [0.1, 0.15) is 29.0 Å². The Morgan fingerprint density at radius 1 is 1.16 bits per heavy atom. The van der Waals surface area contributed by atoms with E-state index in [4.69, 9.17) is 10.6 Å². The molecule has 1 saturated heterocycles. The number of oxime groups is 1. The molecule has 2 aliphatic rings. The molecular weight excluding hydrogens is 696 g/mol. The maximum absolute atomic E-state index is 13.9. The van der Waals surface area contributed by atoms with E-state index in [-0.39, 0.29) is 16.6 Å². The van der Waals surface area contributed by atoms with Crippen molar-refractivity contribution >= 4 is 69.1 Å². The third kappa shape index (κ3) is 5.94. The molecule has 2 aromatic heterocycles. The number of fused-ring (bicyclic) bond motifs is 2. The number of nitrogen functional groups attached to an aromatic ring is 1. The summed E-state index contributed by atoms with van der Waals surface area (Å²) in [6.07, 6.45) is 5.88. The van der Waals surface area contributed by atoms with Crippen molar-refractivity contribution in [1.29, 1.82) is 0 Å². The van der Waals surface area contributed by atoms with E-state index in [0.29, 0.717) is 24.4 Å². The quantitative estimate of drug-likeness (QED) is 0.0430. The Balaban J connectivity index is 1.17. The number of thiazole rings is 1. The monoisotopic (exact) mass is 721 g/mol. The molecule has 3 atom stereocenters. The number of nitrogens with zero attached hydrogens (tertiary/aromatic N) is 4. The normalized spacial score (nSPS) is 18.6. The van der Waals surface area contributed by atoms with Crippen LogP contribution in [-0.4, -0.2) is 77.4 Å². The van der Waals surface area contributed by atoms with Gasteiger partial charge in [0.15, 0.2) is 35.2 Å². The number of allylic oxidation sites excluding steroid dienone is 2. The number of aromatic hydroxyl groups is 2. The molecule has 256 valence electrons. The lowest BCUT2D eigenvalue weighted by atomic mass is 9.89. The zero-order valence-corrected chi connectivity index (χ0v) is 27.1. The summed E-state index contributed by atoms with van der Waals surface area (Å²) >= 11 is 2.04. The van der Waals surface area contributed by atoms with E-state index in [1.54, 1.807) is 12.2 Å². The maximum Gasteiger partial charge on any atom is 0.362 e. The number of anilines is 1. The highest BCUT2D eigenvalue weighted by Crippen LogP contribution is 2.44. The summed E-state index contributed by atoms with van der Waals surface area (Å²) in [5.41, 5.74) is 2.97. The number of thioether (sulfide) groups is 1. The molecule has 15 nitrogen and oxygen atoms in total. The molecule has 0 spiro atoms. The fraction of sp³-hybridized carbons (Fsp3) is 0.156. The summed E-state index contributed by atoms with van der Waals surface area (Å²) in [6.45, 7) is 0.445. The van der Waals surface area contributed by atoms with Crippen molar-refractivity contribution in [3.05, 3.63) is 101 Å². The van der Waals surface area contributed by atoms with Gasteiger partial charge in [0.2, 0.25) is 5.52 Å². The van der Waals surface area contributed by atoms with Crippen molar-refractivity contribution in [3.8, 4) is 11.5 Å². The van der Waals surface area contributed by atoms with Gasteiger partial charge in [-0.25, -0.2) is 19.0 Å². The van der Waals surface area contributed by atoms with Crippen molar-refractivity contribution in [2.24, 2.45) is 5.16 Å². The number of hydrogen-bond donors (Lipinski definition) is 6. The number of phenolic OH excluding ortho intramolecular Hbond substituents is 2. The van der Waals surface area contributed by atoms with E-state index in [1.165, 1.54) is 17.1 Å². The number of amides is 2. The number of aromatic nitrogens is 2. The minimum Gasteiger partial charge on any atom is -0.504 e. The molecule has 2 amide bonds. The van der Waals surface area contributed by atoms with Crippen molar-refractivity contribution < 1.29 is 53.4 Å². The number of carboxylic acid groups (broad SMARTS) is 2. The van der Waals surface area contributed by atoms with Crippen LogP contribution in [0.2, 0.25) is 0 Å². The Hall–Kier alpha value is -6.01. The molecule has 2 aliphatic heterocycles. The Bertz CT molecular complexity index is 2150. The minimum absolute atomic E-state index is 0.100. The second kappa shape index (κ2) is 13.5. The van der Waals surface area contributed by atoms with Crippen LogP contribution in [0.25, 0.3) is 10.9 Å². The largest absolute Gasteiger partial charge is 0.504 e. The number of benzene rings is 2. The molecule has 0 aliphatic carbocycles. The van der Waals surface area contributed by atoms with Gasteiger partial charge in [-0.15, -0.1) is 23.1 Å². The Morgan fingerprint density at radius 2 is 1.92 bits per heavy atom. The van der Waals surface area contributed by atoms with E-state index >= 15 is 0 Å². The van der Waals surface area contributed by atoms with Crippen LogP contribution >= 0.6 is 23.1 Å². The molecule has 2 aromatic carbocycles. The number of nitrogens with two attached hydrogens (primary N) is 1. The SMILES string of the molecule is Nc1nc(C(ON=CC(=O)NC2C(=O)N3C(C(=O)O)=C(C=CC[n+]4cccc5ccccc54)CSC23)(C(=O)O)c2ccc(F)c(O)c2O)cs1. The van der Waals surface area contributed by atoms with Crippen LogP contribution in [0.1, 0.15) is 11.3 Å². The average molecular weight is 722 g/mol. The molecule has 1 fully saturated rings. The van der Waals surface area contributed by atoms with E-state index in [0.717, 1.165) is 33.2 Å². The number of para-hydroxylation sites is 1. The van der Waals surface area contributed by atoms with Crippen LogP contribution in [0.4, 0.5) is 9.52 Å². The number of hydrogen-bond acceptors (Lipinski definition) is 12. The highest BCUT2D eigenvalue weighted by Gasteiger charge is 2.54. The van der Waals surface area contributed by atoms with Crippen molar-refractivity contribution in [2.75, 3.05) is 11.5 Å². The first kappa shape index (κ1) is 33.9. The standard InChI is InChI=1S/C32H25FN6O9S2/c33-19-10-9-18(25(41)26(19)42)32(30(46)47,21-15-50-31(34)36-21)48-35-13-22(40)37-23-27(43)39-24(29(44)45)17(14-49-28(23)39)7-4-12-38-11-3-6-16-5-1-2-8-20(16)38/h1-11,13,15,23,28H,12,14H2,(H6-,34,35,36,37,40,41,42,44,45,46,47)/p+1. The number of rotatable bonds is 11. The first-order chi connectivity index (χ1) is 23.9. The maximum atomic E-state index is 13.9. The van der Waals surface area contributed by atoms with Gasteiger partial charge >= 0.3 is 17.5 Å². The predicted molar refractivity (Wildman–Crippen MR) is 177 cm³/mol. The van der Waals surface area contributed by atoms with Crippen molar-refractivity contribution in [2.45, 2.75) is 23.6 Å². The van der Waals surface area contributed by atoms with Gasteiger partial charge in [-0.3, -0.25) is 14.5 Å². The first-order valence-electron chi connectivity index (χ1n) is 14.6. The molecule has 0 radical (unpaired) electrons. The Kier molecular flexibility index (Phi) is 9.13. The van der Waals surface area contributed by atoms with Crippen LogP contribution in [0.3, 0.4) is 0 Å². The van der Waals surface area contributed by atoms with Gasteiger partial charge in [-0.05, 0) is 35.9 Å². The van der Waals surface area contributed by atoms with E-state index < -0.39 is 69.3 Å². The molecule has 6 rings (SSSR count). The fourth-order valence-electron chi connectivity index (χ4n) is 5.59. The van der Waals surface area contributed by atoms with Gasteiger partial charge in [-0.1, -0.05) is 23.4 Å². The van der Waals surface area contributed by atoms with Gasteiger partial charge in [-0.2, -0.15) is 4.57 Å². The molecule has 4 heterocycles. The molecule has 0 bridgehead atoms. The van der Waals surface area contributed by atoms with Crippen molar-refractivity contribution in [3.63, 3.8) is 0 Å². The predicted octanol–water partition coefficient (Wildman–Crippen LogP) is 2.04. The van der Waals surface area contributed by atoms with Crippen LogP contribution in [0.5, 0.6) is 11.5 Å². The number of β-lactam (4-membered cyclic amide) rings is 1. The summed E-state index contributed by atoms with van der Waals surface area (Å²) in [6, 6.07) is 12.1. The molecule has 0 saturated carbocycles. The first-order valence-corrected chi connectivity index (χ1v) is 16.5. The third-order valence-electron chi connectivity index (χ3n) is 7.93. The smallest absolute Gasteiger partial charge is 0.362 e. The van der Waals surface area contributed by atoms with Gasteiger partial charge in [0.05, 0.1) is 5.56 Å². The summed E-state index contributed by atoms with van der Waals surface area (Å²) in [4.78, 5) is 61.1. The van der Waals surface area contributed by atoms with Crippen LogP contribution in [0, 0.1) is 5.82 Å². The second-order valence-corrected chi connectivity index (χ2v) is 12.9. The lowest BCUT2D eigenvalue weighted by Crippen LogP contribution is -2.70. The lowest BCUT2D eigenvalue weighted by Gasteiger charge is -2.49. The van der Waals surface area contributed by atoms with Gasteiger partial charge < -0.3 is 36.3 Å². The van der Waals surface area contributed by atoms with Gasteiger partial charge in [0.25, 0.3) is 11.8 Å². The molecule has 18 heteroatoms. The number of carboxylic acids is 2. The Morgan fingerprint density at radius 3 is 2.64 bits per heavy atom. The third-order valence-corrected chi connectivity index (χ3v) is 9.91. The zero-order valence-electron chi connectivity index (χ0n) is 25.5. The Labute approximate surface area is 289 Å². The number of carbonyl (C=O) groups excluding carboxylic acids is 2. The van der Waals surface area contributed by atoms with Gasteiger partial charge in [0, 0.05) is 28.7 Å². The van der Waals surface area contributed by atoms with E-state index in [2.05, 4.69) is 15.5 Å². The van der Waals surface area contributed by atoms with E-state index in [9.17, 15) is 44.0 Å².